The molecule has 0 radical (unpaired) electrons. The van der Waals surface area contributed by atoms with Gasteiger partial charge in [-0.2, -0.15) is 4.98 Å². The van der Waals surface area contributed by atoms with E-state index in [4.69, 9.17) is 14.7 Å². The van der Waals surface area contributed by atoms with Gasteiger partial charge in [0, 0.05) is 25.8 Å². The molecule has 0 aliphatic carbocycles. The van der Waals surface area contributed by atoms with E-state index in [1.807, 2.05) is 49.1 Å². The maximum absolute atomic E-state index is 7.29. The Labute approximate surface area is 203 Å². The first kappa shape index (κ1) is 27.0. The zero-order valence-electron chi connectivity index (χ0n) is 20.9. The van der Waals surface area contributed by atoms with Crippen molar-refractivity contribution in [3.8, 4) is 11.4 Å². The molecule has 2 aromatic carbocycles. The molecule has 0 bridgehead atoms. The van der Waals surface area contributed by atoms with Crippen LogP contribution >= 0.6 is 0 Å². The van der Waals surface area contributed by atoms with Gasteiger partial charge in [0.05, 0.1) is 18.4 Å². The Hall–Kier alpha value is -3.29. The molecule has 1 aliphatic rings. The summed E-state index contributed by atoms with van der Waals surface area (Å²) in [5.74, 6) is 1.54. The van der Waals surface area contributed by atoms with E-state index in [9.17, 15) is 0 Å². The second kappa shape index (κ2) is 14.1. The number of aromatic nitrogens is 2. The minimum atomic E-state index is 0.209. The number of nitrogens with two attached hydrogens (primary N) is 1. The number of benzene rings is 2. The van der Waals surface area contributed by atoms with Crippen LogP contribution in [0.2, 0.25) is 0 Å². The second-order valence-electron chi connectivity index (χ2n) is 7.90. The lowest BCUT2D eigenvalue weighted by molar-refractivity contribution is 0.119. The van der Waals surface area contributed by atoms with Crippen LogP contribution in [-0.4, -0.2) is 48.6 Å². The Balaban J connectivity index is 0.000000286. The highest BCUT2D eigenvalue weighted by molar-refractivity contribution is 5.66. The SMILES string of the molecule is C/C=C(\C)c1ccc(-c2noc(C3CCN(C=N)C3)n2)cc1.CN.COC(C)c1ccccc1. The maximum atomic E-state index is 7.29. The summed E-state index contributed by atoms with van der Waals surface area (Å²) in [6, 6.07) is 18.4. The van der Waals surface area contributed by atoms with E-state index in [0.29, 0.717) is 11.7 Å². The number of methoxy groups -OCH3 is 1. The van der Waals surface area contributed by atoms with Crippen LogP contribution in [0.5, 0.6) is 0 Å². The second-order valence-corrected chi connectivity index (χ2v) is 7.90. The first-order chi connectivity index (χ1) is 16.5. The first-order valence-corrected chi connectivity index (χ1v) is 11.5. The topological polar surface area (TPSA) is 101 Å². The van der Waals surface area contributed by atoms with Crippen molar-refractivity contribution in [3.63, 3.8) is 0 Å². The van der Waals surface area contributed by atoms with Gasteiger partial charge in [0.25, 0.3) is 0 Å². The van der Waals surface area contributed by atoms with Gasteiger partial charge in [-0.15, -0.1) is 0 Å². The molecular weight excluding hydrogens is 426 g/mol. The predicted octanol–water partition coefficient (Wildman–Crippen LogP) is 5.53. The molecule has 0 amide bonds. The van der Waals surface area contributed by atoms with Crippen molar-refractivity contribution in [3.05, 3.63) is 77.7 Å². The van der Waals surface area contributed by atoms with Gasteiger partial charge in [0.1, 0.15) is 0 Å². The largest absolute Gasteiger partial charge is 0.377 e. The molecule has 0 spiro atoms. The third-order valence-electron chi connectivity index (χ3n) is 5.85. The van der Waals surface area contributed by atoms with Gasteiger partial charge in [-0.3, -0.25) is 5.41 Å². The summed E-state index contributed by atoms with van der Waals surface area (Å²) in [4.78, 5) is 6.49. The summed E-state index contributed by atoms with van der Waals surface area (Å²) in [5.41, 5.74) is 9.14. The zero-order valence-corrected chi connectivity index (χ0v) is 20.9. The lowest BCUT2D eigenvalue weighted by Gasteiger charge is -2.08. The standard InChI is InChI=1S/C17H20N4O.C9H12O.CH5N/c1-3-12(2)13-4-6-14(7-5-13)16-19-17(22-20-16)15-8-9-21(10-15)11-18;1-8(10-2)9-6-4-3-5-7-9;1-2/h3-7,11,15,18H,8-10H2,1-2H3;3-8H,1-2H3;2H2,1H3/b12-3+,18-11?;;. The van der Waals surface area contributed by atoms with Gasteiger partial charge in [-0.05, 0) is 50.9 Å². The van der Waals surface area contributed by atoms with Crippen LogP contribution in [0.1, 0.15) is 56.2 Å². The van der Waals surface area contributed by atoms with E-state index in [0.717, 1.165) is 25.1 Å². The normalized spacial score (nSPS) is 16.1. The molecule has 3 aromatic rings. The smallest absolute Gasteiger partial charge is 0.231 e. The average Bonchev–Trinajstić information content (AvgIpc) is 3.60. The Morgan fingerprint density at radius 1 is 1.18 bits per heavy atom. The highest BCUT2D eigenvalue weighted by Gasteiger charge is 2.27. The van der Waals surface area contributed by atoms with Crippen molar-refractivity contribution < 1.29 is 9.26 Å². The number of hydrogen-bond acceptors (Lipinski definition) is 6. The molecular formula is C27H37N5O2. The summed E-state index contributed by atoms with van der Waals surface area (Å²) >= 11 is 0. The summed E-state index contributed by atoms with van der Waals surface area (Å²) < 4.78 is 10.6. The van der Waals surface area contributed by atoms with Crippen molar-refractivity contribution in [2.24, 2.45) is 5.73 Å². The molecule has 182 valence electrons. The maximum Gasteiger partial charge on any atom is 0.231 e. The van der Waals surface area contributed by atoms with Crippen LogP contribution in [0.4, 0.5) is 0 Å². The van der Waals surface area contributed by atoms with Crippen LogP contribution < -0.4 is 5.73 Å². The van der Waals surface area contributed by atoms with Crippen LogP contribution in [0.15, 0.2) is 65.2 Å². The molecule has 4 rings (SSSR count). The van der Waals surface area contributed by atoms with Gasteiger partial charge in [0.2, 0.25) is 11.7 Å². The van der Waals surface area contributed by atoms with Crippen LogP contribution in [0, 0.1) is 5.41 Å². The van der Waals surface area contributed by atoms with Crippen molar-refractivity contribution in [2.75, 3.05) is 27.2 Å². The Morgan fingerprint density at radius 3 is 2.41 bits per heavy atom. The summed E-state index contributed by atoms with van der Waals surface area (Å²) in [6.07, 6.45) is 4.63. The fraction of sp³-hybridized carbons (Fsp3) is 0.370. The fourth-order valence-corrected chi connectivity index (χ4v) is 3.53. The Kier molecular flexibility index (Phi) is 11.2. The zero-order chi connectivity index (χ0) is 24.9. The number of likely N-dealkylation sites (tertiary alicyclic amines) is 1. The van der Waals surface area contributed by atoms with E-state index in [2.05, 4.69) is 53.1 Å². The molecule has 3 N–H and O–H groups in total. The van der Waals surface area contributed by atoms with E-state index in [-0.39, 0.29) is 12.0 Å². The van der Waals surface area contributed by atoms with Crippen LogP contribution in [-0.2, 0) is 4.74 Å². The van der Waals surface area contributed by atoms with Gasteiger partial charge in [-0.1, -0.05) is 65.8 Å². The summed E-state index contributed by atoms with van der Waals surface area (Å²) in [5, 5.41) is 11.4. The van der Waals surface area contributed by atoms with Crippen LogP contribution in [0.3, 0.4) is 0 Å². The molecule has 1 aromatic heterocycles. The quantitative estimate of drug-likeness (QED) is 0.368. The molecule has 7 nitrogen and oxygen atoms in total. The number of hydrogen-bond donors (Lipinski definition) is 2. The Bertz CT molecular complexity index is 1020. The van der Waals surface area contributed by atoms with E-state index < -0.39 is 0 Å². The fourth-order valence-electron chi connectivity index (χ4n) is 3.53. The molecule has 34 heavy (non-hydrogen) atoms. The molecule has 7 heteroatoms. The van der Waals surface area contributed by atoms with Crippen molar-refractivity contribution >= 4 is 11.9 Å². The molecule has 1 saturated heterocycles. The molecule has 2 atom stereocenters. The van der Waals surface area contributed by atoms with Gasteiger partial charge in [0.15, 0.2) is 0 Å². The van der Waals surface area contributed by atoms with Crippen LogP contribution in [0.25, 0.3) is 17.0 Å². The monoisotopic (exact) mass is 463 g/mol. The van der Waals surface area contributed by atoms with E-state index in [1.54, 1.807) is 7.11 Å². The van der Waals surface area contributed by atoms with Gasteiger partial charge >= 0.3 is 0 Å². The average molecular weight is 464 g/mol. The highest BCUT2D eigenvalue weighted by Crippen LogP contribution is 2.27. The number of ether oxygens (including phenoxy) is 1. The lowest BCUT2D eigenvalue weighted by atomic mass is 10.1. The predicted molar refractivity (Wildman–Crippen MR) is 139 cm³/mol. The summed E-state index contributed by atoms with van der Waals surface area (Å²) in [6.45, 7) is 7.83. The number of nitrogens with one attached hydrogen (secondary N) is 1. The van der Waals surface area contributed by atoms with Crippen molar-refractivity contribution in [1.82, 2.24) is 15.0 Å². The number of nitrogens with zero attached hydrogens (tertiary/aromatic N) is 3. The minimum Gasteiger partial charge on any atom is -0.377 e. The molecule has 2 unspecified atom stereocenters. The third-order valence-corrected chi connectivity index (χ3v) is 5.85. The first-order valence-electron chi connectivity index (χ1n) is 11.5. The molecule has 2 heterocycles. The minimum absolute atomic E-state index is 0.209. The summed E-state index contributed by atoms with van der Waals surface area (Å²) in [7, 11) is 3.22. The molecule has 0 saturated carbocycles. The van der Waals surface area contributed by atoms with E-state index >= 15 is 0 Å². The van der Waals surface area contributed by atoms with Crippen molar-refractivity contribution in [2.45, 2.75) is 39.2 Å². The highest BCUT2D eigenvalue weighted by atomic mass is 16.5. The van der Waals surface area contributed by atoms with E-state index in [1.165, 1.54) is 30.1 Å². The molecule has 1 aliphatic heterocycles. The number of allylic oxidation sites excluding steroid dienone is 2. The van der Waals surface area contributed by atoms with Gasteiger partial charge in [-0.25, -0.2) is 0 Å². The Morgan fingerprint density at radius 2 is 1.85 bits per heavy atom. The lowest BCUT2D eigenvalue weighted by Crippen LogP contribution is -2.17. The van der Waals surface area contributed by atoms with Crippen molar-refractivity contribution in [1.29, 1.82) is 5.41 Å². The number of rotatable bonds is 6. The third kappa shape index (κ3) is 7.37. The molecule has 1 fully saturated rings. The van der Waals surface area contributed by atoms with Gasteiger partial charge < -0.3 is 19.9 Å².